The summed E-state index contributed by atoms with van der Waals surface area (Å²) >= 11 is 6.25. The molecule has 24 heavy (non-hydrogen) atoms. The number of rotatable bonds is 5. The van der Waals surface area contributed by atoms with Crippen molar-refractivity contribution in [2.24, 2.45) is 0 Å². The standard InChI is InChI=1S/C17H20ClN3O3/c1-23-17(7-9-24-10-8-17)12-19-14-11-20-21(16(22)15(14)18)13-5-3-2-4-6-13/h2-6,11,19H,7-10,12H2,1H3. The van der Waals surface area contributed by atoms with E-state index >= 15 is 0 Å². The van der Waals surface area contributed by atoms with Gasteiger partial charge in [-0.25, -0.2) is 0 Å². The highest BCUT2D eigenvalue weighted by Crippen LogP contribution is 2.26. The van der Waals surface area contributed by atoms with Gasteiger partial charge in [0.2, 0.25) is 0 Å². The number of hydrogen-bond acceptors (Lipinski definition) is 5. The molecular weight excluding hydrogens is 330 g/mol. The molecule has 1 aliphatic heterocycles. The number of para-hydroxylation sites is 1. The van der Waals surface area contributed by atoms with Crippen LogP contribution in [-0.2, 0) is 9.47 Å². The highest BCUT2D eigenvalue weighted by Gasteiger charge is 2.32. The Morgan fingerprint density at radius 3 is 2.71 bits per heavy atom. The lowest BCUT2D eigenvalue weighted by Crippen LogP contribution is -2.44. The number of halogens is 1. The lowest BCUT2D eigenvalue weighted by Gasteiger charge is -2.36. The first-order valence-electron chi connectivity index (χ1n) is 7.85. The van der Waals surface area contributed by atoms with Crippen LogP contribution in [0.25, 0.3) is 5.69 Å². The second-order valence-electron chi connectivity index (χ2n) is 5.78. The minimum atomic E-state index is -0.355. The zero-order valence-corrected chi connectivity index (χ0v) is 14.3. The van der Waals surface area contributed by atoms with Crippen molar-refractivity contribution in [3.05, 3.63) is 51.9 Å². The van der Waals surface area contributed by atoms with Crippen LogP contribution in [0.3, 0.4) is 0 Å². The molecule has 0 aliphatic carbocycles. The van der Waals surface area contributed by atoms with Gasteiger partial charge >= 0.3 is 0 Å². The van der Waals surface area contributed by atoms with Crippen LogP contribution in [0.2, 0.25) is 5.02 Å². The summed E-state index contributed by atoms with van der Waals surface area (Å²) in [5.74, 6) is 0. The largest absolute Gasteiger partial charge is 0.381 e. The lowest BCUT2D eigenvalue weighted by molar-refractivity contribution is -0.0807. The fraction of sp³-hybridized carbons (Fsp3) is 0.412. The first-order chi connectivity index (χ1) is 11.7. The molecule has 1 aliphatic rings. The van der Waals surface area contributed by atoms with Crippen LogP contribution in [0.15, 0.2) is 41.3 Å². The maximum atomic E-state index is 12.5. The average molecular weight is 350 g/mol. The lowest BCUT2D eigenvalue weighted by atomic mass is 9.94. The molecular formula is C17H20ClN3O3. The number of methoxy groups -OCH3 is 1. The summed E-state index contributed by atoms with van der Waals surface area (Å²) in [5, 5.41) is 7.54. The molecule has 2 heterocycles. The fourth-order valence-corrected chi connectivity index (χ4v) is 2.96. The molecule has 1 saturated heterocycles. The average Bonchev–Trinajstić information content (AvgIpc) is 2.64. The van der Waals surface area contributed by atoms with Crippen LogP contribution in [0, 0.1) is 0 Å². The molecule has 1 aromatic carbocycles. The van der Waals surface area contributed by atoms with E-state index in [0.29, 0.717) is 31.1 Å². The van der Waals surface area contributed by atoms with Crippen LogP contribution < -0.4 is 10.9 Å². The molecule has 0 bridgehead atoms. The van der Waals surface area contributed by atoms with Gasteiger partial charge in [-0.2, -0.15) is 9.78 Å². The maximum absolute atomic E-state index is 12.5. The Hall–Kier alpha value is -1.89. The summed E-state index contributed by atoms with van der Waals surface area (Å²) in [6.45, 7) is 1.87. The van der Waals surface area contributed by atoms with Crippen LogP contribution in [0.4, 0.5) is 5.69 Å². The third-order valence-electron chi connectivity index (χ3n) is 4.36. The van der Waals surface area contributed by atoms with Crippen LogP contribution in [0.5, 0.6) is 0 Å². The van der Waals surface area contributed by atoms with Crippen LogP contribution in [0.1, 0.15) is 12.8 Å². The van der Waals surface area contributed by atoms with E-state index in [1.54, 1.807) is 25.4 Å². The number of aromatic nitrogens is 2. The molecule has 0 atom stereocenters. The van der Waals surface area contributed by atoms with Gasteiger partial charge in [-0.05, 0) is 12.1 Å². The first kappa shape index (κ1) is 17.0. The van der Waals surface area contributed by atoms with E-state index in [4.69, 9.17) is 21.1 Å². The van der Waals surface area contributed by atoms with Gasteiger partial charge in [0, 0.05) is 39.7 Å². The minimum Gasteiger partial charge on any atom is -0.381 e. The predicted octanol–water partition coefficient (Wildman–Crippen LogP) is 2.49. The fourth-order valence-electron chi connectivity index (χ4n) is 2.76. The van der Waals surface area contributed by atoms with Crippen molar-refractivity contribution in [2.45, 2.75) is 18.4 Å². The van der Waals surface area contributed by atoms with E-state index in [1.807, 2.05) is 18.2 Å². The van der Waals surface area contributed by atoms with E-state index < -0.39 is 0 Å². The second-order valence-corrected chi connectivity index (χ2v) is 6.16. The summed E-state index contributed by atoms with van der Waals surface area (Å²) in [7, 11) is 1.69. The maximum Gasteiger partial charge on any atom is 0.292 e. The third kappa shape index (κ3) is 3.45. The zero-order chi connectivity index (χ0) is 17.0. The van der Waals surface area contributed by atoms with Crippen molar-refractivity contribution in [3.63, 3.8) is 0 Å². The van der Waals surface area contributed by atoms with Gasteiger partial charge in [0.15, 0.2) is 0 Å². The van der Waals surface area contributed by atoms with Crippen molar-refractivity contribution >= 4 is 17.3 Å². The van der Waals surface area contributed by atoms with Gasteiger partial charge < -0.3 is 14.8 Å². The normalized spacial score (nSPS) is 16.8. The van der Waals surface area contributed by atoms with Gasteiger partial charge in [0.05, 0.1) is 23.2 Å². The molecule has 7 heteroatoms. The molecule has 1 fully saturated rings. The second kappa shape index (κ2) is 7.34. The molecule has 6 nitrogen and oxygen atoms in total. The summed E-state index contributed by atoms with van der Waals surface area (Å²) in [5.41, 5.74) is 0.521. The third-order valence-corrected chi connectivity index (χ3v) is 4.72. The first-order valence-corrected chi connectivity index (χ1v) is 8.23. The topological polar surface area (TPSA) is 65.4 Å². The van der Waals surface area contributed by atoms with Crippen molar-refractivity contribution in [3.8, 4) is 5.69 Å². The summed E-state index contributed by atoms with van der Waals surface area (Å²) in [6, 6.07) is 9.18. The summed E-state index contributed by atoms with van der Waals surface area (Å²) in [6.07, 6.45) is 3.16. The Morgan fingerprint density at radius 1 is 1.33 bits per heavy atom. The zero-order valence-electron chi connectivity index (χ0n) is 13.5. The number of benzene rings is 1. The monoisotopic (exact) mass is 349 g/mol. The van der Waals surface area contributed by atoms with Crippen LogP contribution in [-0.4, -0.2) is 42.2 Å². The Balaban J connectivity index is 1.80. The van der Waals surface area contributed by atoms with E-state index in [9.17, 15) is 4.79 Å². The number of anilines is 1. The molecule has 3 rings (SSSR count). The highest BCUT2D eigenvalue weighted by molar-refractivity contribution is 6.32. The van der Waals surface area contributed by atoms with Crippen molar-refractivity contribution in [1.82, 2.24) is 9.78 Å². The van der Waals surface area contributed by atoms with Crippen molar-refractivity contribution < 1.29 is 9.47 Å². The molecule has 0 unspecified atom stereocenters. The summed E-state index contributed by atoms with van der Waals surface area (Å²) in [4.78, 5) is 12.5. The Bertz CT molecular complexity index is 742. The molecule has 0 amide bonds. The quantitative estimate of drug-likeness (QED) is 0.898. The minimum absolute atomic E-state index is 0.118. The summed E-state index contributed by atoms with van der Waals surface area (Å²) < 4.78 is 12.3. The molecule has 1 N–H and O–H groups in total. The van der Waals surface area contributed by atoms with Gasteiger partial charge in [-0.3, -0.25) is 4.79 Å². The smallest absolute Gasteiger partial charge is 0.292 e. The number of nitrogens with zero attached hydrogens (tertiary/aromatic N) is 2. The number of hydrogen-bond donors (Lipinski definition) is 1. The molecule has 0 spiro atoms. The Kier molecular flexibility index (Phi) is 5.18. The van der Waals surface area contributed by atoms with E-state index in [0.717, 1.165) is 12.8 Å². The van der Waals surface area contributed by atoms with E-state index in [1.165, 1.54) is 4.68 Å². The molecule has 128 valence electrons. The Morgan fingerprint density at radius 2 is 2.04 bits per heavy atom. The molecule has 0 radical (unpaired) electrons. The van der Waals surface area contributed by atoms with Gasteiger partial charge in [-0.1, -0.05) is 29.8 Å². The van der Waals surface area contributed by atoms with Gasteiger partial charge in [0.1, 0.15) is 5.02 Å². The molecule has 0 saturated carbocycles. The van der Waals surface area contributed by atoms with Crippen LogP contribution >= 0.6 is 11.6 Å². The number of ether oxygens (including phenoxy) is 2. The number of nitrogens with one attached hydrogen (secondary N) is 1. The Labute approximate surface area is 145 Å². The van der Waals surface area contributed by atoms with Gasteiger partial charge in [0.25, 0.3) is 5.56 Å². The van der Waals surface area contributed by atoms with E-state index in [-0.39, 0.29) is 16.2 Å². The van der Waals surface area contributed by atoms with Crippen molar-refractivity contribution in [2.75, 3.05) is 32.2 Å². The van der Waals surface area contributed by atoms with Crippen molar-refractivity contribution in [1.29, 1.82) is 0 Å². The molecule has 2 aromatic rings. The van der Waals surface area contributed by atoms with E-state index in [2.05, 4.69) is 10.4 Å². The SMILES string of the molecule is COC1(CNc2cnn(-c3ccccc3)c(=O)c2Cl)CCOCC1. The predicted molar refractivity (Wildman–Crippen MR) is 93.1 cm³/mol. The molecule has 1 aromatic heterocycles. The highest BCUT2D eigenvalue weighted by atomic mass is 35.5. The van der Waals surface area contributed by atoms with Gasteiger partial charge in [-0.15, -0.1) is 0 Å².